The van der Waals surface area contributed by atoms with Gasteiger partial charge in [0.25, 0.3) is 0 Å². The van der Waals surface area contributed by atoms with E-state index >= 15 is 0 Å². The molecular formula is C22H22N2O5S. The number of methoxy groups -OCH3 is 1. The smallest absolute Gasteiger partial charge is 0.337 e. The molecule has 2 aromatic carbocycles. The molecule has 0 unspecified atom stereocenters. The van der Waals surface area contributed by atoms with Gasteiger partial charge in [0.05, 0.1) is 23.3 Å². The van der Waals surface area contributed by atoms with Crippen molar-refractivity contribution in [3.05, 3.63) is 89.2 Å². The van der Waals surface area contributed by atoms with E-state index in [2.05, 4.69) is 14.4 Å². The summed E-state index contributed by atoms with van der Waals surface area (Å²) in [6.45, 7) is 2.05. The number of hydrogen-bond acceptors (Lipinski definition) is 6. The first kappa shape index (κ1) is 21.5. The fraction of sp³-hybridized carbons (Fsp3) is 0.182. The summed E-state index contributed by atoms with van der Waals surface area (Å²) >= 11 is 0. The number of ether oxygens (including phenoxy) is 2. The first-order valence-corrected chi connectivity index (χ1v) is 10.7. The predicted molar refractivity (Wildman–Crippen MR) is 112 cm³/mol. The van der Waals surface area contributed by atoms with Crippen LogP contribution < -0.4 is 9.46 Å². The van der Waals surface area contributed by atoms with Crippen LogP contribution in [-0.4, -0.2) is 26.5 Å². The molecule has 3 rings (SSSR count). The fourth-order valence-corrected chi connectivity index (χ4v) is 4.08. The second kappa shape index (κ2) is 9.51. The van der Waals surface area contributed by atoms with Crippen LogP contribution in [0.2, 0.25) is 0 Å². The summed E-state index contributed by atoms with van der Waals surface area (Å²) < 4.78 is 38.4. The summed E-state index contributed by atoms with van der Waals surface area (Å²) in [5.41, 5.74) is 2.31. The van der Waals surface area contributed by atoms with E-state index in [-0.39, 0.29) is 11.4 Å². The third-order valence-electron chi connectivity index (χ3n) is 4.36. The van der Waals surface area contributed by atoms with Gasteiger partial charge in [-0.2, -0.15) is 0 Å². The Morgan fingerprint density at radius 1 is 1.07 bits per heavy atom. The van der Waals surface area contributed by atoms with Gasteiger partial charge >= 0.3 is 5.97 Å². The summed E-state index contributed by atoms with van der Waals surface area (Å²) in [5, 5.41) is 0. The normalized spacial score (nSPS) is 11.1. The Hall–Kier alpha value is -3.23. The molecule has 0 atom stereocenters. The number of hydrogen-bond donors (Lipinski definition) is 1. The number of rotatable bonds is 8. The van der Waals surface area contributed by atoms with E-state index in [0.29, 0.717) is 23.5 Å². The van der Waals surface area contributed by atoms with Crippen molar-refractivity contribution < 1.29 is 22.7 Å². The van der Waals surface area contributed by atoms with Gasteiger partial charge in [-0.3, -0.25) is 4.98 Å². The predicted octanol–water partition coefficient (Wildman–Crippen LogP) is 3.23. The molecule has 8 heteroatoms. The van der Waals surface area contributed by atoms with Crippen molar-refractivity contribution in [3.8, 4) is 5.75 Å². The third-order valence-corrected chi connectivity index (χ3v) is 5.92. The van der Waals surface area contributed by atoms with E-state index in [1.54, 1.807) is 31.3 Å². The van der Waals surface area contributed by atoms with E-state index in [1.807, 2.05) is 24.3 Å². The zero-order chi connectivity index (χ0) is 21.6. The number of carbonyl (C=O) groups is 1. The molecule has 0 spiro atoms. The highest BCUT2D eigenvalue weighted by Crippen LogP contribution is 2.19. The molecule has 156 valence electrons. The first-order chi connectivity index (χ1) is 14.4. The highest BCUT2D eigenvalue weighted by molar-refractivity contribution is 7.89. The van der Waals surface area contributed by atoms with Crippen molar-refractivity contribution in [2.45, 2.75) is 25.0 Å². The van der Waals surface area contributed by atoms with Crippen LogP contribution in [0, 0.1) is 6.92 Å². The fourth-order valence-electron chi connectivity index (χ4n) is 2.84. The molecule has 0 fully saturated rings. The van der Waals surface area contributed by atoms with Gasteiger partial charge in [-0.1, -0.05) is 18.2 Å². The van der Waals surface area contributed by atoms with Crippen LogP contribution in [0.1, 0.15) is 27.2 Å². The minimum absolute atomic E-state index is 0.0985. The maximum absolute atomic E-state index is 12.7. The maximum atomic E-state index is 12.7. The Labute approximate surface area is 175 Å². The maximum Gasteiger partial charge on any atom is 0.337 e. The lowest BCUT2D eigenvalue weighted by Crippen LogP contribution is -2.24. The van der Waals surface area contributed by atoms with Crippen molar-refractivity contribution in [2.24, 2.45) is 0 Å². The average Bonchev–Trinajstić information content (AvgIpc) is 2.76. The molecule has 1 N–H and O–H groups in total. The van der Waals surface area contributed by atoms with Crippen LogP contribution in [0.5, 0.6) is 5.75 Å². The van der Waals surface area contributed by atoms with Gasteiger partial charge in [-0.15, -0.1) is 0 Å². The Bertz CT molecular complexity index is 1130. The Morgan fingerprint density at radius 2 is 1.90 bits per heavy atom. The number of nitrogens with zero attached hydrogens (tertiary/aromatic N) is 1. The highest BCUT2D eigenvalue weighted by Gasteiger charge is 2.18. The van der Waals surface area contributed by atoms with E-state index in [4.69, 9.17) is 4.74 Å². The summed E-state index contributed by atoms with van der Waals surface area (Å²) in [4.78, 5) is 15.9. The van der Waals surface area contributed by atoms with Gasteiger partial charge in [0, 0.05) is 12.7 Å². The molecular weight excluding hydrogens is 404 g/mol. The lowest BCUT2D eigenvalue weighted by molar-refractivity contribution is 0.0600. The van der Waals surface area contributed by atoms with Gasteiger partial charge in [0.15, 0.2) is 0 Å². The van der Waals surface area contributed by atoms with Crippen molar-refractivity contribution in [1.29, 1.82) is 0 Å². The van der Waals surface area contributed by atoms with E-state index in [9.17, 15) is 13.2 Å². The standard InChI is InChI=1S/C22H22N2O5S/c1-16-12-18(22(25)28-2)9-10-21(16)30(26,27)24-14-17-6-5-8-20(13-17)29-15-19-7-3-4-11-23-19/h3-13,24H,14-15H2,1-2H3. The molecule has 1 aromatic heterocycles. The Balaban J connectivity index is 1.66. The van der Waals surface area contributed by atoms with Gasteiger partial charge in [-0.05, 0) is 60.5 Å². The first-order valence-electron chi connectivity index (χ1n) is 9.19. The van der Waals surface area contributed by atoms with E-state index in [1.165, 1.54) is 25.3 Å². The molecule has 3 aromatic rings. The highest BCUT2D eigenvalue weighted by atomic mass is 32.2. The number of aryl methyl sites for hydroxylation is 1. The second-order valence-electron chi connectivity index (χ2n) is 6.55. The topological polar surface area (TPSA) is 94.6 Å². The molecule has 0 aliphatic rings. The largest absolute Gasteiger partial charge is 0.487 e. The van der Waals surface area contributed by atoms with Crippen LogP contribution in [-0.2, 0) is 27.9 Å². The summed E-state index contributed by atoms with van der Waals surface area (Å²) in [6.07, 6.45) is 1.70. The number of carbonyl (C=O) groups excluding carboxylic acids is 1. The second-order valence-corrected chi connectivity index (χ2v) is 8.29. The number of nitrogens with one attached hydrogen (secondary N) is 1. The zero-order valence-electron chi connectivity index (χ0n) is 16.7. The zero-order valence-corrected chi connectivity index (χ0v) is 17.5. The molecule has 0 saturated carbocycles. The van der Waals surface area contributed by atoms with Crippen LogP contribution in [0.25, 0.3) is 0 Å². The minimum Gasteiger partial charge on any atom is -0.487 e. The average molecular weight is 426 g/mol. The molecule has 0 saturated heterocycles. The lowest BCUT2D eigenvalue weighted by Gasteiger charge is -2.11. The molecule has 0 radical (unpaired) electrons. The lowest BCUT2D eigenvalue weighted by atomic mass is 10.1. The summed E-state index contributed by atoms with van der Waals surface area (Å²) in [6, 6.07) is 17.1. The Kier molecular flexibility index (Phi) is 6.81. The summed E-state index contributed by atoms with van der Waals surface area (Å²) in [5.74, 6) is 0.105. The molecule has 0 bridgehead atoms. The van der Waals surface area contributed by atoms with Crippen molar-refractivity contribution in [3.63, 3.8) is 0 Å². The van der Waals surface area contributed by atoms with Crippen LogP contribution >= 0.6 is 0 Å². The van der Waals surface area contributed by atoms with Gasteiger partial charge in [-0.25, -0.2) is 17.9 Å². The number of benzene rings is 2. The number of aromatic nitrogens is 1. The number of sulfonamides is 1. The van der Waals surface area contributed by atoms with Crippen molar-refractivity contribution >= 4 is 16.0 Å². The van der Waals surface area contributed by atoms with Crippen LogP contribution in [0.4, 0.5) is 0 Å². The molecule has 0 amide bonds. The van der Waals surface area contributed by atoms with Crippen LogP contribution in [0.3, 0.4) is 0 Å². The summed E-state index contributed by atoms with van der Waals surface area (Å²) in [7, 11) is -2.48. The monoisotopic (exact) mass is 426 g/mol. The minimum atomic E-state index is -3.76. The van der Waals surface area contributed by atoms with E-state index in [0.717, 1.165) is 11.3 Å². The third kappa shape index (κ3) is 5.43. The molecule has 0 aliphatic carbocycles. The Morgan fingerprint density at radius 3 is 2.60 bits per heavy atom. The molecule has 7 nitrogen and oxygen atoms in total. The van der Waals surface area contributed by atoms with E-state index < -0.39 is 16.0 Å². The van der Waals surface area contributed by atoms with Crippen LogP contribution in [0.15, 0.2) is 71.8 Å². The molecule has 30 heavy (non-hydrogen) atoms. The van der Waals surface area contributed by atoms with Crippen molar-refractivity contribution in [1.82, 2.24) is 9.71 Å². The van der Waals surface area contributed by atoms with Gasteiger partial charge < -0.3 is 9.47 Å². The number of esters is 1. The molecule has 1 heterocycles. The quantitative estimate of drug-likeness (QED) is 0.556. The van der Waals surface area contributed by atoms with Gasteiger partial charge in [0.2, 0.25) is 10.0 Å². The van der Waals surface area contributed by atoms with Gasteiger partial charge in [0.1, 0.15) is 12.4 Å². The van der Waals surface area contributed by atoms with Crippen molar-refractivity contribution in [2.75, 3.05) is 7.11 Å². The SMILES string of the molecule is COC(=O)c1ccc(S(=O)(=O)NCc2cccc(OCc3ccccn3)c2)c(C)c1. The molecule has 0 aliphatic heterocycles. The number of pyridine rings is 1.